The van der Waals surface area contributed by atoms with Crippen LogP contribution in [0.2, 0.25) is 0 Å². The van der Waals surface area contributed by atoms with Crippen molar-refractivity contribution in [2.45, 2.75) is 44.1 Å². The topological polar surface area (TPSA) is 54.9 Å². The number of nitrogens with zero attached hydrogens (tertiary/aromatic N) is 2. The average molecular weight is 363 g/mol. The van der Waals surface area contributed by atoms with Crippen LogP contribution in [0, 0.1) is 20.8 Å². The number of rotatable bonds is 4. The Balaban J connectivity index is 2.22. The number of nitrogens with one attached hydrogen (secondary N) is 1. The summed E-state index contributed by atoms with van der Waals surface area (Å²) in [6.07, 6.45) is -4.42. The van der Waals surface area contributed by atoms with Crippen molar-refractivity contribution in [3.8, 4) is 0 Å². The van der Waals surface area contributed by atoms with E-state index in [2.05, 4.69) is 9.97 Å². The third kappa shape index (κ3) is 4.35. The zero-order chi connectivity index (χ0) is 17.4. The summed E-state index contributed by atoms with van der Waals surface area (Å²) in [7, 11) is 0. The molecule has 2 aromatic heterocycles. The summed E-state index contributed by atoms with van der Waals surface area (Å²) in [4.78, 5) is 22.5. The zero-order valence-electron chi connectivity index (χ0n) is 13.0. The molecule has 1 amide bonds. The molecule has 0 radical (unpaired) electrons. The van der Waals surface area contributed by atoms with Crippen LogP contribution < -0.4 is 5.32 Å². The summed E-state index contributed by atoms with van der Waals surface area (Å²) in [5.41, 5.74) is 1.04. The molecule has 0 aliphatic carbocycles. The van der Waals surface area contributed by atoms with Gasteiger partial charge < -0.3 is 5.32 Å². The first-order valence-corrected chi connectivity index (χ1v) is 8.53. The highest BCUT2D eigenvalue weighted by atomic mass is 32.2. The smallest absolute Gasteiger partial charge is 0.346 e. The number of hydrogen-bond acceptors (Lipinski definition) is 5. The molecular formula is C14H16F3N3OS2. The van der Waals surface area contributed by atoms with Gasteiger partial charge in [-0.15, -0.1) is 11.3 Å². The number of carbonyl (C=O) groups is 1. The number of alkyl halides is 3. The predicted octanol–water partition coefficient (Wildman–Crippen LogP) is 3.78. The molecule has 1 N–H and O–H groups in total. The Bertz CT molecular complexity index is 743. The molecule has 0 saturated heterocycles. The van der Waals surface area contributed by atoms with Crippen LogP contribution in [-0.2, 0) is 4.79 Å². The fourth-order valence-corrected chi connectivity index (χ4v) is 4.17. The molecule has 2 rings (SSSR count). The van der Waals surface area contributed by atoms with Crippen LogP contribution in [0.3, 0.4) is 0 Å². The first-order chi connectivity index (χ1) is 10.6. The van der Waals surface area contributed by atoms with E-state index in [0.717, 1.165) is 32.4 Å². The molecule has 1 unspecified atom stereocenters. The maximum Gasteiger partial charge on any atom is 0.405 e. The van der Waals surface area contributed by atoms with Gasteiger partial charge in [0.1, 0.15) is 22.2 Å². The van der Waals surface area contributed by atoms with E-state index in [1.807, 2.05) is 19.2 Å². The molecule has 126 valence electrons. The summed E-state index contributed by atoms with van der Waals surface area (Å²) < 4.78 is 36.5. The molecule has 23 heavy (non-hydrogen) atoms. The van der Waals surface area contributed by atoms with Crippen LogP contribution in [0.25, 0.3) is 10.2 Å². The lowest BCUT2D eigenvalue weighted by Gasteiger charge is -2.13. The van der Waals surface area contributed by atoms with Gasteiger partial charge in [0.05, 0.1) is 5.25 Å². The molecule has 2 heterocycles. The number of hydrogen-bond donors (Lipinski definition) is 1. The lowest BCUT2D eigenvalue weighted by atomic mass is 10.2. The van der Waals surface area contributed by atoms with Crippen molar-refractivity contribution in [3.05, 3.63) is 16.3 Å². The minimum absolute atomic E-state index is 0.573. The number of halogens is 3. The monoisotopic (exact) mass is 363 g/mol. The number of carbonyl (C=O) groups excluding carboxylic acids is 1. The van der Waals surface area contributed by atoms with Gasteiger partial charge in [0.25, 0.3) is 0 Å². The summed E-state index contributed by atoms with van der Waals surface area (Å²) >= 11 is 2.69. The summed E-state index contributed by atoms with van der Waals surface area (Å²) in [6.45, 7) is 5.91. The highest BCUT2D eigenvalue weighted by molar-refractivity contribution is 8.00. The predicted molar refractivity (Wildman–Crippen MR) is 86.0 cm³/mol. The SMILES string of the molecule is Cc1nc(SC(C)C(=O)NCC(F)(F)F)c2c(C)c(C)sc2n1. The first-order valence-electron chi connectivity index (χ1n) is 6.84. The Labute approximate surface area is 139 Å². The van der Waals surface area contributed by atoms with E-state index in [1.165, 1.54) is 0 Å². The van der Waals surface area contributed by atoms with Gasteiger partial charge in [-0.3, -0.25) is 4.79 Å². The maximum absolute atomic E-state index is 12.2. The van der Waals surface area contributed by atoms with Crippen molar-refractivity contribution in [3.63, 3.8) is 0 Å². The fraction of sp³-hybridized carbons (Fsp3) is 0.500. The van der Waals surface area contributed by atoms with Crippen molar-refractivity contribution in [1.82, 2.24) is 15.3 Å². The van der Waals surface area contributed by atoms with Gasteiger partial charge in [-0.25, -0.2) is 9.97 Å². The van der Waals surface area contributed by atoms with E-state index in [0.29, 0.717) is 10.9 Å². The van der Waals surface area contributed by atoms with Crippen molar-refractivity contribution in [2.75, 3.05) is 6.54 Å². The minimum atomic E-state index is -4.42. The number of aromatic nitrogens is 2. The first kappa shape index (κ1) is 18.0. The van der Waals surface area contributed by atoms with Crippen LogP contribution in [0.5, 0.6) is 0 Å². The maximum atomic E-state index is 12.2. The van der Waals surface area contributed by atoms with Crippen LogP contribution in [-0.4, -0.2) is 33.8 Å². The number of aryl methyl sites for hydroxylation is 3. The van der Waals surface area contributed by atoms with Crippen molar-refractivity contribution in [2.24, 2.45) is 0 Å². The number of amides is 1. The fourth-order valence-electron chi connectivity index (χ4n) is 1.95. The van der Waals surface area contributed by atoms with Crippen molar-refractivity contribution >= 4 is 39.2 Å². The highest BCUT2D eigenvalue weighted by Crippen LogP contribution is 2.36. The molecule has 4 nitrogen and oxygen atoms in total. The lowest BCUT2D eigenvalue weighted by molar-refractivity contribution is -0.137. The molecular weight excluding hydrogens is 347 g/mol. The van der Waals surface area contributed by atoms with Gasteiger partial charge in [-0.2, -0.15) is 13.2 Å². The molecule has 0 saturated carbocycles. The Morgan fingerprint density at radius 1 is 1.30 bits per heavy atom. The van der Waals surface area contributed by atoms with Gasteiger partial charge in [0, 0.05) is 10.3 Å². The quantitative estimate of drug-likeness (QED) is 0.664. The molecule has 0 aliphatic rings. The largest absolute Gasteiger partial charge is 0.405 e. The molecule has 0 aliphatic heterocycles. The molecule has 1 atom stereocenters. The second-order valence-corrected chi connectivity index (χ2v) is 7.67. The second kappa shape index (κ2) is 6.64. The Kier molecular flexibility index (Phi) is 5.20. The van der Waals surface area contributed by atoms with Crippen molar-refractivity contribution in [1.29, 1.82) is 0 Å². The molecule has 2 aromatic rings. The second-order valence-electron chi connectivity index (χ2n) is 5.13. The highest BCUT2D eigenvalue weighted by Gasteiger charge is 2.29. The molecule has 0 aromatic carbocycles. The van der Waals surface area contributed by atoms with E-state index >= 15 is 0 Å². The van der Waals surface area contributed by atoms with Crippen LogP contribution in [0.15, 0.2) is 5.03 Å². The van der Waals surface area contributed by atoms with E-state index in [9.17, 15) is 18.0 Å². The molecule has 0 fully saturated rings. The Morgan fingerprint density at radius 2 is 1.96 bits per heavy atom. The third-order valence-electron chi connectivity index (χ3n) is 3.23. The van der Waals surface area contributed by atoms with Gasteiger partial charge in [0.15, 0.2) is 0 Å². The van der Waals surface area contributed by atoms with E-state index in [-0.39, 0.29) is 0 Å². The van der Waals surface area contributed by atoms with Crippen LogP contribution in [0.1, 0.15) is 23.2 Å². The third-order valence-corrected chi connectivity index (χ3v) is 5.42. The Morgan fingerprint density at radius 3 is 2.57 bits per heavy atom. The van der Waals surface area contributed by atoms with Gasteiger partial charge in [-0.05, 0) is 33.3 Å². The minimum Gasteiger partial charge on any atom is -0.346 e. The summed E-state index contributed by atoms with van der Waals surface area (Å²) in [5.74, 6) is -0.0921. The number of thiophene rings is 1. The average Bonchev–Trinajstić information content (AvgIpc) is 2.70. The standard InChI is InChI=1S/C14H16F3N3OS2/c1-6-7(2)22-12-10(6)13(20-9(4)19-12)23-8(3)11(21)18-5-14(15,16)17/h8H,5H2,1-4H3,(H,18,21). The van der Waals surface area contributed by atoms with E-state index in [1.54, 1.807) is 25.2 Å². The normalized spacial score (nSPS) is 13.3. The number of fused-ring (bicyclic) bond motifs is 1. The van der Waals surface area contributed by atoms with E-state index in [4.69, 9.17) is 0 Å². The zero-order valence-corrected chi connectivity index (χ0v) is 14.7. The van der Waals surface area contributed by atoms with Gasteiger partial charge in [0.2, 0.25) is 5.91 Å². The summed E-state index contributed by atoms with van der Waals surface area (Å²) in [6, 6.07) is 0. The molecule has 0 spiro atoms. The molecule has 0 bridgehead atoms. The molecule has 9 heteroatoms. The van der Waals surface area contributed by atoms with Gasteiger partial charge in [-0.1, -0.05) is 11.8 Å². The van der Waals surface area contributed by atoms with Crippen LogP contribution >= 0.6 is 23.1 Å². The lowest BCUT2D eigenvalue weighted by Crippen LogP contribution is -2.38. The summed E-state index contributed by atoms with van der Waals surface area (Å²) in [5, 5.41) is 2.72. The van der Waals surface area contributed by atoms with E-state index < -0.39 is 23.9 Å². The number of thioether (sulfide) groups is 1. The van der Waals surface area contributed by atoms with Gasteiger partial charge >= 0.3 is 6.18 Å². The van der Waals surface area contributed by atoms with Crippen molar-refractivity contribution < 1.29 is 18.0 Å². The van der Waals surface area contributed by atoms with Crippen LogP contribution in [0.4, 0.5) is 13.2 Å². The Hall–Kier alpha value is -1.35.